The van der Waals surface area contributed by atoms with Crippen LogP contribution in [0.5, 0.6) is 0 Å². The van der Waals surface area contributed by atoms with E-state index < -0.39 is 12.2 Å². The van der Waals surface area contributed by atoms with Gasteiger partial charge in [-0.25, -0.2) is 4.39 Å². The molecule has 0 N–H and O–H groups in total. The number of nitrogens with zero attached hydrogens (tertiary/aromatic N) is 1. The van der Waals surface area contributed by atoms with Crippen molar-refractivity contribution in [3.8, 4) is 0 Å². The molecule has 2 aromatic carbocycles. The number of benzene rings is 2. The van der Waals surface area contributed by atoms with Crippen molar-refractivity contribution in [2.75, 3.05) is 4.90 Å². The van der Waals surface area contributed by atoms with Gasteiger partial charge in [0.1, 0.15) is 0 Å². The lowest BCUT2D eigenvalue weighted by Crippen LogP contribution is -2.48. The molecule has 2 aromatic rings. The molecular formula is C19H20FNO. The Bertz CT molecular complexity index is 710. The van der Waals surface area contributed by atoms with Crippen LogP contribution in [0.4, 0.5) is 10.1 Å². The van der Waals surface area contributed by atoms with Crippen LogP contribution in [0.25, 0.3) is 0 Å². The van der Waals surface area contributed by atoms with Gasteiger partial charge in [0.15, 0.2) is 12.1 Å². The van der Waals surface area contributed by atoms with E-state index in [1.54, 1.807) is 11.0 Å². The van der Waals surface area contributed by atoms with Gasteiger partial charge in [-0.15, -0.1) is 0 Å². The fourth-order valence-electron chi connectivity index (χ4n) is 3.28. The number of rotatable bonds is 2. The molecule has 1 aliphatic heterocycles. The third kappa shape index (κ3) is 2.21. The predicted molar refractivity (Wildman–Crippen MR) is 87.2 cm³/mol. The van der Waals surface area contributed by atoms with Gasteiger partial charge in [-0.05, 0) is 44.0 Å². The lowest BCUT2D eigenvalue weighted by atomic mass is 9.82. The molecular weight excluding hydrogens is 277 g/mol. The van der Waals surface area contributed by atoms with Gasteiger partial charge in [0, 0.05) is 11.6 Å². The lowest BCUT2D eigenvalue weighted by molar-refractivity contribution is 0.0885. The zero-order valence-corrected chi connectivity index (χ0v) is 13.1. The van der Waals surface area contributed by atoms with Gasteiger partial charge in [-0.1, -0.05) is 36.4 Å². The Labute approximate surface area is 130 Å². The highest BCUT2D eigenvalue weighted by Gasteiger charge is 2.42. The number of fused-ring (bicyclic) bond motifs is 1. The quantitative estimate of drug-likeness (QED) is 0.761. The third-order valence-corrected chi connectivity index (χ3v) is 4.35. The van der Waals surface area contributed by atoms with Crippen LogP contribution in [-0.4, -0.2) is 18.1 Å². The van der Waals surface area contributed by atoms with Crippen molar-refractivity contribution in [1.29, 1.82) is 0 Å². The molecule has 0 saturated carbocycles. The van der Waals surface area contributed by atoms with Gasteiger partial charge in [-0.3, -0.25) is 4.79 Å². The Kier molecular flexibility index (Phi) is 3.73. The SMILES string of the molecule is Cc1ccccc1C1C(=O)c2ccccc2N(C(C)C)C1F. The largest absolute Gasteiger partial charge is 0.338 e. The summed E-state index contributed by atoms with van der Waals surface area (Å²) in [5.41, 5.74) is 3.03. The summed E-state index contributed by atoms with van der Waals surface area (Å²) in [6, 6.07) is 14.8. The average Bonchev–Trinajstić information content (AvgIpc) is 2.49. The van der Waals surface area contributed by atoms with Crippen molar-refractivity contribution in [1.82, 2.24) is 0 Å². The summed E-state index contributed by atoms with van der Waals surface area (Å²) >= 11 is 0. The molecule has 0 aromatic heterocycles. The summed E-state index contributed by atoms with van der Waals surface area (Å²) in [5, 5.41) is 0. The maximum absolute atomic E-state index is 15.3. The van der Waals surface area contributed by atoms with E-state index >= 15 is 4.39 Å². The van der Waals surface area contributed by atoms with Crippen molar-refractivity contribution >= 4 is 11.5 Å². The number of hydrogen-bond acceptors (Lipinski definition) is 2. The molecule has 0 fully saturated rings. The predicted octanol–water partition coefficient (Wildman–Crippen LogP) is 4.49. The van der Waals surface area contributed by atoms with Gasteiger partial charge in [0.25, 0.3) is 0 Å². The van der Waals surface area contributed by atoms with Crippen LogP contribution in [-0.2, 0) is 0 Å². The van der Waals surface area contributed by atoms with E-state index in [4.69, 9.17) is 0 Å². The molecule has 0 aliphatic carbocycles. The lowest BCUT2D eigenvalue weighted by Gasteiger charge is -2.41. The average molecular weight is 297 g/mol. The minimum absolute atomic E-state index is 0.0178. The Morgan fingerprint density at radius 3 is 2.36 bits per heavy atom. The summed E-state index contributed by atoms with van der Waals surface area (Å²) in [6.45, 7) is 5.83. The van der Waals surface area contributed by atoms with Crippen molar-refractivity contribution in [3.63, 3.8) is 0 Å². The fourth-order valence-corrected chi connectivity index (χ4v) is 3.28. The molecule has 3 heteroatoms. The first-order valence-electron chi connectivity index (χ1n) is 7.63. The Hall–Kier alpha value is -2.16. The first-order chi connectivity index (χ1) is 10.5. The van der Waals surface area contributed by atoms with Crippen LogP contribution in [0.1, 0.15) is 41.3 Å². The number of para-hydroxylation sites is 1. The standard InChI is InChI=1S/C19H20FNO/c1-12(2)21-16-11-7-6-10-15(16)18(22)17(19(21)20)14-9-5-4-8-13(14)3/h4-12,17,19H,1-3H3. The number of hydrogen-bond donors (Lipinski definition) is 0. The Morgan fingerprint density at radius 2 is 1.68 bits per heavy atom. The van der Waals surface area contributed by atoms with Crippen LogP contribution in [0.2, 0.25) is 0 Å². The number of ketones is 1. The van der Waals surface area contributed by atoms with Crippen LogP contribution in [0, 0.1) is 6.92 Å². The van der Waals surface area contributed by atoms with Crippen molar-refractivity contribution in [2.45, 2.75) is 39.0 Å². The second-order valence-corrected chi connectivity index (χ2v) is 6.09. The van der Waals surface area contributed by atoms with Crippen LogP contribution in [0.15, 0.2) is 48.5 Å². The summed E-state index contributed by atoms with van der Waals surface area (Å²) in [7, 11) is 0. The topological polar surface area (TPSA) is 20.3 Å². The van der Waals surface area contributed by atoms with E-state index in [1.807, 2.05) is 63.2 Å². The zero-order chi connectivity index (χ0) is 15.9. The smallest absolute Gasteiger partial charge is 0.187 e. The molecule has 2 nitrogen and oxygen atoms in total. The normalized spacial score (nSPS) is 21.1. The molecule has 114 valence electrons. The Balaban J connectivity index is 2.18. The molecule has 0 bridgehead atoms. The van der Waals surface area contributed by atoms with E-state index in [9.17, 15) is 4.79 Å². The van der Waals surface area contributed by atoms with E-state index in [0.717, 1.165) is 11.1 Å². The number of Topliss-reactive ketones (excluding diaryl/α,β-unsaturated/α-hetero) is 1. The van der Waals surface area contributed by atoms with Gasteiger partial charge in [0.2, 0.25) is 0 Å². The number of anilines is 1. The second-order valence-electron chi connectivity index (χ2n) is 6.09. The number of carbonyl (C=O) groups is 1. The number of alkyl halides is 1. The van der Waals surface area contributed by atoms with Crippen molar-refractivity contribution in [2.24, 2.45) is 0 Å². The molecule has 0 amide bonds. The van der Waals surface area contributed by atoms with Gasteiger partial charge < -0.3 is 4.90 Å². The Morgan fingerprint density at radius 1 is 1.05 bits per heavy atom. The first kappa shape index (κ1) is 14.8. The van der Waals surface area contributed by atoms with Crippen molar-refractivity contribution in [3.05, 3.63) is 65.2 Å². The highest BCUT2D eigenvalue weighted by atomic mass is 19.1. The van der Waals surface area contributed by atoms with Crippen LogP contribution < -0.4 is 4.90 Å². The molecule has 2 atom stereocenters. The zero-order valence-electron chi connectivity index (χ0n) is 13.1. The summed E-state index contributed by atoms with van der Waals surface area (Å²) < 4.78 is 15.3. The monoisotopic (exact) mass is 297 g/mol. The minimum Gasteiger partial charge on any atom is -0.338 e. The molecule has 2 unspecified atom stereocenters. The van der Waals surface area contributed by atoms with E-state index in [2.05, 4.69) is 0 Å². The molecule has 22 heavy (non-hydrogen) atoms. The molecule has 1 aliphatic rings. The summed E-state index contributed by atoms with van der Waals surface area (Å²) in [6.07, 6.45) is -1.34. The van der Waals surface area contributed by atoms with Gasteiger partial charge in [0.05, 0.1) is 11.6 Å². The second kappa shape index (κ2) is 5.56. The molecule has 1 heterocycles. The summed E-state index contributed by atoms with van der Waals surface area (Å²) in [4.78, 5) is 14.6. The highest BCUT2D eigenvalue weighted by molar-refractivity contribution is 6.08. The maximum Gasteiger partial charge on any atom is 0.187 e. The van der Waals surface area contributed by atoms with Crippen LogP contribution >= 0.6 is 0 Å². The molecule has 0 saturated heterocycles. The molecule has 0 radical (unpaired) electrons. The number of halogens is 1. The fraction of sp³-hybridized carbons (Fsp3) is 0.316. The van der Waals surface area contributed by atoms with Gasteiger partial charge >= 0.3 is 0 Å². The first-order valence-corrected chi connectivity index (χ1v) is 7.63. The third-order valence-electron chi connectivity index (χ3n) is 4.35. The van der Waals surface area contributed by atoms with E-state index in [-0.39, 0.29) is 11.8 Å². The maximum atomic E-state index is 15.3. The highest BCUT2D eigenvalue weighted by Crippen LogP contribution is 2.41. The number of aryl methyl sites for hydroxylation is 1. The minimum atomic E-state index is -1.34. The van der Waals surface area contributed by atoms with Gasteiger partial charge in [-0.2, -0.15) is 0 Å². The summed E-state index contributed by atoms with van der Waals surface area (Å²) in [5.74, 6) is -0.896. The number of carbonyl (C=O) groups excluding carboxylic acids is 1. The van der Waals surface area contributed by atoms with E-state index in [1.165, 1.54) is 0 Å². The van der Waals surface area contributed by atoms with E-state index in [0.29, 0.717) is 11.3 Å². The molecule has 3 rings (SSSR count). The molecule has 0 spiro atoms. The van der Waals surface area contributed by atoms with Crippen molar-refractivity contribution < 1.29 is 9.18 Å². The van der Waals surface area contributed by atoms with Crippen LogP contribution in [0.3, 0.4) is 0 Å².